The normalized spacial score (nSPS) is 14.3. The largest absolute Gasteiger partial charge is 0.378 e. The third kappa shape index (κ3) is 3.65. The van der Waals surface area contributed by atoms with Crippen LogP contribution in [0.15, 0.2) is 30.3 Å². The minimum absolute atomic E-state index is 0.108. The van der Waals surface area contributed by atoms with Crippen molar-refractivity contribution in [3.63, 3.8) is 0 Å². The Hall–Kier alpha value is -0.860. The van der Waals surface area contributed by atoms with Crippen molar-refractivity contribution in [3.8, 4) is 0 Å². The molecule has 0 saturated carbocycles. The van der Waals surface area contributed by atoms with Crippen molar-refractivity contribution in [1.29, 1.82) is 0 Å². The summed E-state index contributed by atoms with van der Waals surface area (Å²) in [5, 5.41) is 10.0. The zero-order valence-corrected chi connectivity index (χ0v) is 10.1. The Bertz CT molecular complexity index is 289. The third-order valence-corrected chi connectivity index (χ3v) is 2.47. The molecule has 0 radical (unpaired) electrons. The van der Waals surface area contributed by atoms with Gasteiger partial charge in [-0.25, -0.2) is 0 Å². The molecule has 0 amide bonds. The minimum Gasteiger partial charge on any atom is -0.378 e. The van der Waals surface area contributed by atoms with Gasteiger partial charge in [-0.1, -0.05) is 51.1 Å². The first-order chi connectivity index (χ1) is 6.91. The van der Waals surface area contributed by atoms with E-state index < -0.39 is 6.23 Å². The fourth-order valence-corrected chi connectivity index (χ4v) is 1.62. The minimum atomic E-state index is -0.419. The third-order valence-electron chi connectivity index (χ3n) is 2.47. The van der Waals surface area contributed by atoms with Crippen molar-refractivity contribution in [2.45, 2.75) is 33.5 Å². The lowest BCUT2D eigenvalue weighted by molar-refractivity contribution is -0.0613. The monoisotopic (exact) mass is 207 g/mol. The highest BCUT2D eigenvalue weighted by atomic mass is 16.3. The number of benzene rings is 1. The first-order valence-electron chi connectivity index (χ1n) is 5.33. The topological polar surface area (TPSA) is 23.5 Å². The molecular weight excluding hydrogens is 186 g/mol. The second-order valence-electron chi connectivity index (χ2n) is 5.14. The van der Waals surface area contributed by atoms with E-state index in [1.54, 1.807) is 0 Å². The smallest absolute Gasteiger partial charge is 0.112 e. The Kier molecular flexibility index (Phi) is 3.89. The molecule has 1 rings (SSSR count). The summed E-state index contributed by atoms with van der Waals surface area (Å²) in [6.45, 7) is 6.90. The molecular formula is C13H21NO. The number of hydrogen-bond acceptors (Lipinski definition) is 2. The Morgan fingerprint density at radius 1 is 1.20 bits per heavy atom. The highest BCUT2D eigenvalue weighted by Crippen LogP contribution is 2.22. The molecule has 1 atom stereocenters. The average molecular weight is 207 g/mol. The van der Waals surface area contributed by atoms with Crippen molar-refractivity contribution in [2.75, 3.05) is 7.05 Å². The van der Waals surface area contributed by atoms with E-state index in [-0.39, 0.29) is 5.41 Å². The molecule has 2 heteroatoms. The molecule has 84 valence electrons. The van der Waals surface area contributed by atoms with Crippen molar-refractivity contribution >= 4 is 0 Å². The number of aliphatic hydroxyl groups excluding tert-OH is 1. The lowest BCUT2D eigenvalue weighted by Crippen LogP contribution is -2.41. The quantitative estimate of drug-likeness (QED) is 0.770. The molecule has 0 aliphatic rings. The van der Waals surface area contributed by atoms with Gasteiger partial charge in [-0.2, -0.15) is 0 Å². The standard InChI is InChI=1S/C13H21NO/c1-13(2,3)12(15)14(4)10-11-8-6-5-7-9-11/h5-9,12,15H,10H2,1-4H3. The van der Waals surface area contributed by atoms with E-state index in [1.807, 2.05) is 50.9 Å². The van der Waals surface area contributed by atoms with Crippen LogP contribution in [0.4, 0.5) is 0 Å². The first kappa shape index (κ1) is 12.2. The maximum atomic E-state index is 10.0. The maximum Gasteiger partial charge on any atom is 0.112 e. The maximum absolute atomic E-state index is 10.0. The number of rotatable bonds is 3. The zero-order chi connectivity index (χ0) is 11.5. The van der Waals surface area contributed by atoms with E-state index in [4.69, 9.17) is 0 Å². The van der Waals surface area contributed by atoms with Gasteiger partial charge in [-0.3, -0.25) is 4.90 Å². The van der Waals surface area contributed by atoms with Gasteiger partial charge in [-0.05, 0) is 12.6 Å². The van der Waals surface area contributed by atoms with Crippen LogP contribution in [0.3, 0.4) is 0 Å². The van der Waals surface area contributed by atoms with E-state index in [9.17, 15) is 5.11 Å². The highest BCUT2D eigenvalue weighted by molar-refractivity contribution is 5.14. The Morgan fingerprint density at radius 2 is 1.73 bits per heavy atom. The molecule has 1 aromatic rings. The molecule has 0 saturated heterocycles. The molecule has 1 aromatic carbocycles. The average Bonchev–Trinajstić information content (AvgIpc) is 2.16. The van der Waals surface area contributed by atoms with Gasteiger partial charge in [0.15, 0.2) is 0 Å². The number of hydrogen-bond donors (Lipinski definition) is 1. The van der Waals surface area contributed by atoms with Gasteiger partial charge >= 0.3 is 0 Å². The number of nitrogens with zero attached hydrogens (tertiary/aromatic N) is 1. The molecule has 0 heterocycles. The molecule has 0 aromatic heterocycles. The highest BCUT2D eigenvalue weighted by Gasteiger charge is 2.25. The van der Waals surface area contributed by atoms with Gasteiger partial charge in [-0.15, -0.1) is 0 Å². The lowest BCUT2D eigenvalue weighted by atomic mass is 9.93. The summed E-state index contributed by atoms with van der Waals surface area (Å²) >= 11 is 0. The summed E-state index contributed by atoms with van der Waals surface area (Å²) < 4.78 is 0. The lowest BCUT2D eigenvalue weighted by Gasteiger charge is -2.33. The Morgan fingerprint density at radius 3 is 2.20 bits per heavy atom. The zero-order valence-electron chi connectivity index (χ0n) is 10.1. The summed E-state index contributed by atoms with van der Waals surface area (Å²) in [5.41, 5.74) is 1.12. The summed E-state index contributed by atoms with van der Waals surface area (Å²) in [7, 11) is 1.95. The first-order valence-corrected chi connectivity index (χ1v) is 5.33. The number of aliphatic hydroxyl groups is 1. The van der Waals surface area contributed by atoms with Gasteiger partial charge in [0, 0.05) is 12.0 Å². The van der Waals surface area contributed by atoms with Crippen LogP contribution in [-0.2, 0) is 6.54 Å². The molecule has 0 aliphatic carbocycles. The molecule has 0 spiro atoms. The van der Waals surface area contributed by atoms with Crippen LogP contribution < -0.4 is 0 Å². The molecule has 2 nitrogen and oxygen atoms in total. The molecule has 0 aliphatic heterocycles. The second-order valence-corrected chi connectivity index (χ2v) is 5.14. The van der Waals surface area contributed by atoms with E-state index in [0.29, 0.717) is 0 Å². The van der Waals surface area contributed by atoms with Crippen LogP contribution in [0.25, 0.3) is 0 Å². The van der Waals surface area contributed by atoms with Crippen molar-refractivity contribution in [3.05, 3.63) is 35.9 Å². The predicted octanol–water partition coefficient (Wildman–Crippen LogP) is 2.48. The Labute approximate surface area is 92.5 Å². The van der Waals surface area contributed by atoms with Crippen LogP contribution in [0, 0.1) is 5.41 Å². The van der Waals surface area contributed by atoms with E-state index >= 15 is 0 Å². The summed E-state index contributed by atoms with van der Waals surface area (Å²) in [6, 6.07) is 10.2. The fourth-order valence-electron chi connectivity index (χ4n) is 1.62. The fraction of sp³-hybridized carbons (Fsp3) is 0.538. The van der Waals surface area contributed by atoms with Crippen LogP contribution in [-0.4, -0.2) is 23.3 Å². The summed E-state index contributed by atoms with van der Waals surface area (Å²) in [4.78, 5) is 1.97. The molecule has 0 fully saturated rings. The molecule has 15 heavy (non-hydrogen) atoms. The predicted molar refractivity (Wildman–Crippen MR) is 63.4 cm³/mol. The van der Waals surface area contributed by atoms with Crippen LogP contribution in [0.1, 0.15) is 26.3 Å². The van der Waals surface area contributed by atoms with Gasteiger partial charge in [0.1, 0.15) is 6.23 Å². The van der Waals surface area contributed by atoms with Crippen LogP contribution in [0.2, 0.25) is 0 Å². The molecule has 1 N–H and O–H groups in total. The molecule has 0 bridgehead atoms. The van der Waals surface area contributed by atoms with Crippen molar-refractivity contribution in [2.24, 2.45) is 5.41 Å². The van der Waals surface area contributed by atoms with Gasteiger partial charge in [0.25, 0.3) is 0 Å². The summed E-state index contributed by atoms with van der Waals surface area (Å²) in [6.07, 6.45) is -0.419. The van der Waals surface area contributed by atoms with Gasteiger partial charge in [0.05, 0.1) is 0 Å². The Balaban J connectivity index is 2.60. The van der Waals surface area contributed by atoms with E-state index in [1.165, 1.54) is 5.56 Å². The van der Waals surface area contributed by atoms with Crippen LogP contribution >= 0.6 is 0 Å². The van der Waals surface area contributed by atoms with Gasteiger partial charge in [0.2, 0.25) is 0 Å². The van der Waals surface area contributed by atoms with Gasteiger partial charge < -0.3 is 5.11 Å². The summed E-state index contributed by atoms with van der Waals surface area (Å²) in [5.74, 6) is 0. The van der Waals surface area contributed by atoms with E-state index in [2.05, 4.69) is 12.1 Å². The van der Waals surface area contributed by atoms with Crippen molar-refractivity contribution < 1.29 is 5.11 Å². The SMILES string of the molecule is CN(Cc1ccccc1)C(O)C(C)(C)C. The van der Waals surface area contributed by atoms with Crippen molar-refractivity contribution in [1.82, 2.24) is 4.90 Å². The van der Waals surface area contributed by atoms with Crippen LogP contribution in [0.5, 0.6) is 0 Å². The molecule has 1 unspecified atom stereocenters. The van der Waals surface area contributed by atoms with E-state index in [0.717, 1.165) is 6.54 Å². The second kappa shape index (κ2) is 4.77.